The molecule has 2 amide bonds. The van der Waals surface area contributed by atoms with Crippen molar-refractivity contribution in [2.24, 2.45) is 0 Å². The number of anilines is 2. The highest BCUT2D eigenvalue weighted by atomic mass is 16.3. The minimum Gasteiger partial charge on any atom is -0.508 e. The molecule has 6 aromatic rings. The molecule has 9 nitrogen and oxygen atoms in total. The Morgan fingerprint density at radius 3 is 2.38 bits per heavy atom. The number of benzene rings is 4. The Kier molecular flexibility index (Phi) is 6.98. The summed E-state index contributed by atoms with van der Waals surface area (Å²) < 4.78 is 1.82. The summed E-state index contributed by atoms with van der Waals surface area (Å²) in [4.78, 5) is 35.4. The highest BCUT2D eigenvalue weighted by Gasteiger charge is 2.36. The van der Waals surface area contributed by atoms with Crippen molar-refractivity contribution in [2.75, 3.05) is 16.3 Å². The summed E-state index contributed by atoms with van der Waals surface area (Å²) in [6, 6.07) is 31.4. The monoisotopic (exact) mass is 594 g/mol. The van der Waals surface area contributed by atoms with Gasteiger partial charge in [0.05, 0.1) is 16.9 Å². The van der Waals surface area contributed by atoms with Crippen LogP contribution in [0, 0.1) is 0 Å². The third kappa shape index (κ3) is 4.94. The SMILES string of the molecule is CC(C)N(C(=O)CN1C(=O)C(=Cc2c[nH]c3ccccc23)c2nnc(-c3cccc(O)c3)n2-c2ccccc21)c1ccccc1. The van der Waals surface area contributed by atoms with E-state index in [4.69, 9.17) is 0 Å². The Hall–Kier alpha value is -5.96. The molecule has 4 aromatic carbocycles. The van der Waals surface area contributed by atoms with Gasteiger partial charge in [-0.1, -0.05) is 60.7 Å². The summed E-state index contributed by atoms with van der Waals surface area (Å²) in [5.74, 6) is 0.254. The predicted octanol–water partition coefficient (Wildman–Crippen LogP) is 6.45. The molecule has 3 heterocycles. The van der Waals surface area contributed by atoms with Gasteiger partial charge in [-0.05, 0) is 62.4 Å². The van der Waals surface area contributed by atoms with Crippen LogP contribution in [-0.2, 0) is 9.59 Å². The van der Waals surface area contributed by atoms with Crippen molar-refractivity contribution in [2.45, 2.75) is 19.9 Å². The molecule has 222 valence electrons. The average Bonchev–Trinajstić information content (AvgIpc) is 3.65. The van der Waals surface area contributed by atoms with Crippen LogP contribution >= 0.6 is 0 Å². The maximum atomic E-state index is 14.8. The van der Waals surface area contributed by atoms with E-state index >= 15 is 0 Å². The van der Waals surface area contributed by atoms with Gasteiger partial charge >= 0.3 is 0 Å². The molecule has 45 heavy (non-hydrogen) atoms. The number of amides is 2. The molecule has 2 N–H and O–H groups in total. The lowest BCUT2D eigenvalue weighted by molar-refractivity contribution is -0.120. The van der Waals surface area contributed by atoms with Gasteiger partial charge in [-0.15, -0.1) is 10.2 Å². The summed E-state index contributed by atoms with van der Waals surface area (Å²) in [6.45, 7) is 3.70. The second-order valence-electron chi connectivity index (χ2n) is 11.2. The largest absolute Gasteiger partial charge is 0.508 e. The highest BCUT2D eigenvalue weighted by Crippen LogP contribution is 2.38. The Morgan fingerprint density at radius 2 is 1.60 bits per heavy atom. The molecule has 0 bridgehead atoms. The first-order chi connectivity index (χ1) is 21.9. The zero-order chi connectivity index (χ0) is 31.1. The van der Waals surface area contributed by atoms with Gasteiger partial charge < -0.3 is 15.0 Å². The van der Waals surface area contributed by atoms with Crippen LogP contribution in [0.4, 0.5) is 11.4 Å². The van der Waals surface area contributed by atoms with Crippen molar-refractivity contribution in [3.05, 3.63) is 121 Å². The molecule has 0 saturated heterocycles. The van der Waals surface area contributed by atoms with E-state index in [0.717, 1.165) is 22.2 Å². The average molecular weight is 595 g/mol. The summed E-state index contributed by atoms with van der Waals surface area (Å²) >= 11 is 0. The molecule has 7 rings (SSSR count). The third-order valence-electron chi connectivity index (χ3n) is 7.93. The Morgan fingerprint density at radius 1 is 0.889 bits per heavy atom. The van der Waals surface area contributed by atoms with E-state index in [1.165, 1.54) is 4.90 Å². The molecule has 0 atom stereocenters. The molecular formula is C36H30N6O3. The molecule has 1 aliphatic heterocycles. The minimum absolute atomic E-state index is 0.0827. The zero-order valence-electron chi connectivity index (χ0n) is 24.8. The first-order valence-corrected chi connectivity index (χ1v) is 14.7. The van der Waals surface area contributed by atoms with E-state index in [0.29, 0.717) is 28.6 Å². The number of phenols is 1. The number of carbonyl (C=O) groups excluding carboxylic acids is 2. The molecule has 9 heteroatoms. The summed E-state index contributed by atoms with van der Waals surface area (Å²) in [5, 5.41) is 20.3. The van der Waals surface area contributed by atoms with Crippen molar-refractivity contribution in [3.8, 4) is 22.8 Å². The van der Waals surface area contributed by atoms with Crippen molar-refractivity contribution in [3.63, 3.8) is 0 Å². The van der Waals surface area contributed by atoms with Crippen LogP contribution in [0.1, 0.15) is 25.2 Å². The maximum Gasteiger partial charge on any atom is 0.262 e. The van der Waals surface area contributed by atoms with E-state index in [9.17, 15) is 14.7 Å². The van der Waals surface area contributed by atoms with Crippen molar-refractivity contribution in [1.82, 2.24) is 19.7 Å². The van der Waals surface area contributed by atoms with Crippen LogP contribution in [0.2, 0.25) is 0 Å². The second-order valence-corrected chi connectivity index (χ2v) is 11.2. The van der Waals surface area contributed by atoms with E-state index in [1.54, 1.807) is 29.2 Å². The van der Waals surface area contributed by atoms with Crippen LogP contribution in [0.25, 0.3) is 39.6 Å². The molecule has 0 radical (unpaired) electrons. The number of phenolic OH excluding ortho intramolecular Hbond substituents is 1. The van der Waals surface area contributed by atoms with Crippen LogP contribution in [0.15, 0.2) is 109 Å². The number of hydrogen-bond acceptors (Lipinski definition) is 5. The van der Waals surface area contributed by atoms with Gasteiger partial charge in [-0.3, -0.25) is 19.1 Å². The molecular weight excluding hydrogens is 564 g/mol. The smallest absolute Gasteiger partial charge is 0.262 e. The third-order valence-corrected chi connectivity index (χ3v) is 7.93. The molecule has 0 saturated carbocycles. The fourth-order valence-electron chi connectivity index (χ4n) is 5.93. The lowest BCUT2D eigenvalue weighted by Crippen LogP contribution is -2.46. The number of hydrogen-bond donors (Lipinski definition) is 2. The maximum absolute atomic E-state index is 14.8. The number of nitrogens with zero attached hydrogens (tertiary/aromatic N) is 5. The molecule has 0 unspecified atom stereocenters. The van der Waals surface area contributed by atoms with Gasteiger partial charge in [0.2, 0.25) is 5.91 Å². The lowest BCUT2D eigenvalue weighted by Gasteiger charge is -2.30. The Labute approximate surface area is 259 Å². The van der Waals surface area contributed by atoms with Crippen LogP contribution < -0.4 is 9.80 Å². The number of aromatic amines is 1. The van der Waals surface area contributed by atoms with Gasteiger partial charge in [0, 0.05) is 40.0 Å². The zero-order valence-corrected chi connectivity index (χ0v) is 24.8. The number of fused-ring (bicyclic) bond motifs is 4. The van der Waals surface area contributed by atoms with Crippen LogP contribution in [-0.4, -0.2) is 49.3 Å². The molecule has 2 aromatic heterocycles. The van der Waals surface area contributed by atoms with E-state index < -0.39 is 0 Å². The van der Waals surface area contributed by atoms with Gasteiger partial charge in [-0.2, -0.15) is 0 Å². The number of para-hydroxylation sites is 4. The quantitative estimate of drug-likeness (QED) is 0.216. The van der Waals surface area contributed by atoms with Gasteiger partial charge in [-0.25, -0.2) is 0 Å². The second kappa shape index (κ2) is 11.3. The normalized spacial score (nSPS) is 13.6. The van der Waals surface area contributed by atoms with Crippen LogP contribution in [0.5, 0.6) is 5.75 Å². The van der Waals surface area contributed by atoms with E-state index in [-0.39, 0.29) is 35.7 Å². The van der Waals surface area contributed by atoms with Gasteiger partial charge in [0.15, 0.2) is 11.6 Å². The predicted molar refractivity (Wildman–Crippen MR) is 176 cm³/mol. The molecule has 0 aliphatic carbocycles. The summed E-state index contributed by atoms with van der Waals surface area (Å²) in [6.07, 6.45) is 3.65. The topological polar surface area (TPSA) is 107 Å². The highest BCUT2D eigenvalue weighted by molar-refractivity contribution is 6.32. The number of carbonyl (C=O) groups is 2. The van der Waals surface area contributed by atoms with Gasteiger partial charge in [0.25, 0.3) is 5.91 Å². The van der Waals surface area contributed by atoms with Crippen LogP contribution in [0.3, 0.4) is 0 Å². The first-order valence-electron chi connectivity index (χ1n) is 14.7. The minimum atomic E-state index is -0.383. The Balaban J connectivity index is 1.43. The Bertz CT molecular complexity index is 2090. The fourth-order valence-corrected chi connectivity index (χ4v) is 5.93. The first kappa shape index (κ1) is 27.8. The number of aromatic nitrogens is 4. The molecule has 0 spiro atoms. The standard InChI is InChI=1S/C36H30N6O3/c1-23(2)41(26-12-4-3-5-13-26)33(44)22-40-31-17-8-9-18-32(31)42-34(24-11-10-14-27(43)19-24)38-39-35(42)29(36(40)45)20-25-21-37-30-16-7-6-15-28(25)30/h3-21,23,37,43H,22H2,1-2H3. The number of H-pyrrole nitrogens is 1. The molecule has 1 aliphatic rings. The number of rotatable bonds is 6. The van der Waals surface area contributed by atoms with Gasteiger partial charge in [0.1, 0.15) is 12.3 Å². The van der Waals surface area contributed by atoms with Crippen molar-refractivity contribution >= 4 is 45.7 Å². The van der Waals surface area contributed by atoms with E-state index in [1.807, 2.05) is 110 Å². The summed E-state index contributed by atoms with van der Waals surface area (Å²) in [5.41, 5.74) is 4.56. The number of aromatic hydroxyl groups is 1. The lowest BCUT2D eigenvalue weighted by atomic mass is 10.1. The summed E-state index contributed by atoms with van der Waals surface area (Å²) in [7, 11) is 0. The number of nitrogens with one attached hydrogen (secondary N) is 1. The molecule has 0 fully saturated rings. The fraction of sp³-hybridized carbons (Fsp3) is 0.111. The van der Waals surface area contributed by atoms with E-state index in [2.05, 4.69) is 15.2 Å². The van der Waals surface area contributed by atoms with Crippen molar-refractivity contribution < 1.29 is 14.7 Å². The van der Waals surface area contributed by atoms with Crippen molar-refractivity contribution in [1.29, 1.82) is 0 Å².